The van der Waals surface area contributed by atoms with Crippen LogP contribution >= 0.6 is 0 Å². The van der Waals surface area contributed by atoms with E-state index in [4.69, 9.17) is 10.5 Å². The Labute approximate surface area is 194 Å². The molecule has 0 unspecified atom stereocenters. The number of ether oxygens (including phenoxy) is 1. The van der Waals surface area contributed by atoms with Crippen molar-refractivity contribution in [3.05, 3.63) is 72.4 Å². The third-order valence-corrected chi connectivity index (χ3v) is 5.81. The maximum absolute atomic E-state index is 12.5. The Hall–Kier alpha value is -3.38. The third kappa shape index (κ3) is 5.01. The van der Waals surface area contributed by atoms with Gasteiger partial charge < -0.3 is 20.9 Å². The number of nitrogens with one attached hydrogen (secondary N) is 1. The van der Waals surface area contributed by atoms with Gasteiger partial charge in [0.05, 0.1) is 28.7 Å². The Morgan fingerprint density at radius 2 is 1.70 bits per heavy atom. The molecule has 0 saturated heterocycles. The first kappa shape index (κ1) is 22.8. The number of hydrogen-bond donors (Lipinski definition) is 3. The smallest absolute Gasteiger partial charge is 0.408 e. The van der Waals surface area contributed by atoms with Gasteiger partial charge in [-0.1, -0.05) is 54.6 Å². The summed E-state index contributed by atoms with van der Waals surface area (Å²) < 4.78 is 5.47. The quantitative estimate of drug-likeness (QED) is 0.509. The van der Waals surface area contributed by atoms with Crippen LogP contribution in [-0.4, -0.2) is 27.4 Å². The summed E-state index contributed by atoms with van der Waals surface area (Å²) in [6.07, 6.45) is 1.99. The number of amides is 1. The van der Waals surface area contributed by atoms with Crippen molar-refractivity contribution >= 4 is 11.8 Å². The summed E-state index contributed by atoms with van der Waals surface area (Å²) >= 11 is 0. The Morgan fingerprint density at radius 3 is 2.27 bits per heavy atom. The second-order valence-electron chi connectivity index (χ2n) is 10.2. The van der Waals surface area contributed by atoms with Crippen LogP contribution in [0.3, 0.4) is 0 Å². The van der Waals surface area contributed by atoms with E-state index >= 15 is 0 Å². The van der Waals surface area contributed by atoms with Gasteiger partial charge in [0.25, 0.3) is 0 Å². The number of nitrogens with two attached hydrogens (primary N) is 1. The molecular formula is C27H31N3O3. The molecule has 1 aliphatic carbocycles. The maximum atomic E-state index is 12.5. The fraction of sp³-hybridized carbons (Fsp3) is 0.333. The van der Waals surface area contributed by atoms with Crippen LogP contribution in [0.4, 0.5) is 10.5 Å². The Bertz CT molecular complexity index is 1140. The van der Waals surface area contributed by atoms with E-state index in [1.807, 2.05) is 81.4 Å². The molecule has 4 rings (SSSR count). The molecule has 1 fully saturated rings. The number of benzene rings is 2. The van der Waals surface area contributed by atoms with Crippen LogP contribution in [0.15, 0.2) is 66.9 Å². The monoisotopic (exact) mass is 445 g/mol. The molecule has 0 aliphatic heterocycles. The van der Waals surface area contributed by atoms with Crippen molar-refractivity contribution in [2.75, 3.05) is 5.73 Å². The molecular weight excluding hydrogens is 414 g/mol. The first-order chi connectivity index (χ1) is 15.5. The molecule has 6 nitrogen and oxygen atoms in total. The molecule has 0 spiro atoms. The first-order valence-electron chi connectivity index (χ1n) is 11.1. The lowest BCUT2D eigenvalue weighted by molar-refractivity contribution is -0.0892. The number of hydrogen-bond acceptors (Lipinski definition) is 5. The van der Waals surface area contributed by atoms with Gasteiger partial charge in [-0.25, -0.2) is 4.79 Å². The lowest BCUT2D eigenvalue weighted by Gasteiger charge is -2.52. The van der Waals surface area contributed by atoms with E-state index in [0.29, 0.717) is 18.5 Å². The van der Waals surface area contributed by atoms with E-state index in [0.717, 1.165) is 27.9 Å². The lowest BCUT2D eigenvalue weighted by atomic mass is 9.62. The van der Waals surface area contributed by atoms with E-state index in [-0.39, 0.29) is 0 Å². The molecule has 1 amide bonds. The van der Waals surface area contributed by atoms with Crippen LogP contribution in [0.1, 0.15) is 46.1 Å². The zero-order valence-electron chi connectivity index (χ0n) is 19.6. The average molecular weight is 446 g/mol. The maximum Gasteiger partial charge on any atom is 0.408 e. The highest BCUT2D eigenvalue weighted by atomic mass is 16.6. The van der Waals surface area contributed by atoms with Gasteiger partial charge in [0.15, 0.2) is 0 Å². The fourth-order valence-corrected chi connectivity index (χ4v) is 4.61. The molecule has 33 heavy (non-hydrogen) atoms. The van der Waals surface area contributed by atoms with Crippen molar-refractivity contribution in [2.24, 2.45) is 0 Å². The molecule has 2 aromatic carbocycles. The van der Waals surface area contributed by atoms with E-state index in [1.54, 1.807) is 13.1 Å². The summed E-state index contributed by atoms with van der Waals surface area (Å²) in [4.78, 5) is 17.1. The number of rotatable bonds is 4. The topological polar surface area (TPSA) is 97.5 Å². The van der Waals surface area contributed by atoms with Gasteiger partial charge in [-0.3, -0.25) is 4.98 Å². The van der Waals surface area contributed by atoms with Crippen molar-refractivity contribution in [1.82, 2.24) is 10.3 Å². The summed E-state index contributed by atoms with van der Waals surface area (Å²) in [7, 11) is 0. The summed E-state index contributed by atoms with van der Waals surface area (Å²) in [6.45, 7) is 7.26. The van der Waals surface area contributed by atoms with E-state index in [9.17, 15) is 9.90 Å². The average Bonchev–Trinajstić information content (AvgIpc) is 2.71. The van der Waals surface area contributed by atoms with Gasteiger partial charge in [0.1, 0.15) is 5.60 Å². The number of carbonyl (C=O) groups is 1. The number of nitrogen functional groups attached to an aromatic ring is 1. The molecule has 0 radical (unpaired) electrons. The minimum atomic E-state index is -0.841. The van der Waals surface area contributed by atoms with Crippen molar-refractivity contribution in [2.45, 2.75) is 57.3 Å². The fourth-order valence-electron chi connectivity index (χ4n) is 4.61. The predicted molar refractivity (Wildman–Crippen MR) is 130 cm³/mol. The SMILES string of the molecule is CC1(O)CC(NC(=O)OC(C)(C)C)(c2ccc(-c3ncc(N)cc3-c3ccccc3)cc2)C1. The molecule has 1 aromatic heterocycles. The van der Waals surface area contributed by atoms with Crippen LogP contribution in [0.5, 0.6) is 0 Å². The van der Waals surface area contributed by atoms with Gasteiger partial charge in [-0.15, -0.1) is 0 Å². The summed E-state index contributed by atoms with van der Waals surface area (Å²) in [5, 5.41) is 13.5. The molecule has 4 N–H and O–H groups in total. The highest BCUT2D eigenvalue weighted by molar-refractivity contribution is 5.82. The lowest BCUT2D eigenvalue weighted by Crippen LogP contribution is -2.62. The van der Waals surface area contributed by atoms with Crippen LogP contribution in [0, 0.1) is 0 Å². The van der Waals surface area contributed by atoms with Crippen LogP contribution < -0.4 is 11.1 Å². The second kappa shape index (κ2) is 8.19. The molecule has 0 bridgehead atoms. The number of alkyl carbamates (subject to hydrolysis) is 1. The molecule has 172 valence electrons. The third-order valence-electron chi connectivity index (χ3n) is 5.81. The van der Waals surface area contributed by atoms with Crippen LogP contribution in [-0.2, 0) is 10.3 Å². The van der Waals surface area contributed by atoms with Crippen LogP contribution in [0.25, 0.3) is 22.4 Å². The van der Waals surface area contributed by atoms with E-state index in [2.05, 4.69) is 10.3 Å². The Balaban J connectivity index is 1.66. The number of carbonyl (C=O) groups excluding carboxylic acids is 1. The van der Waals surface area contributed by atoms with Gasteiger partial charge in [-0.2, -0.15) is 0 Å². The first-order valence-corrected chi connectivity index (χ1v) is 11.1. The zero-order valence-corrected chi connectivity index (χ0v) is 19.6. The van der Waals surface area contributed by atoms with Crippen LogP contribution in [0.2, 0.25) is 0 Å². The zero-order chi connectivity index (χ0) is 23.9. The summed E-state index contributed by atoms with van der Waals surface area (Å²) in [5.41, 5.74) is 9.19. The minimum Gasteiger partial charge on any atom is -0.444 e. The summed E-state index contributed by atoms with van der Waals surface area (Å²) in [6, 6.07) is 19.9. The number of aliphatic hydroxyl groups is 1. The molecule has 3 aromatic rings. The number of anilines is 1. The Morgan fingerprint density at radius 1 is 1.06 bits per heavy atom. The highest BCUT2D eigenvalue weighted by Crippen LogP contribution is 2.48. The minimum absolute atomic E-state index is 0.411. The van der Waals surface area contributed by atoms with Crippen molar-refractivity contribution < 1.29 is 14.6 Å². The molecule has 1 heterocycles. The normalized spacial score (nSPS) is 22.3. The van der Waals surface area contributed by atoms with Crippen molar-refractivity contribution in [1.29, 1.82) is 0 Å². The largest absolute Gasteiger partial charge is 0.444 e. The Kier molecular flexibility index (Phi) is 5.66. The second-order valence-corrected chi connectivity index (χ2v) is 10.2. The van der Waals surface area contributed by atoms with Gasteiger partial charge in [-0.05, 0) is 44.9 Å². The van der Waals surface area contributed by atoms with E-state index < -0.39 is 22.8 Å². The number of pyridine rings is 1. The van der Waals surface area contributed by atoms with Gasteiger partial charge >= 0.3 is 6.09 Å². The highest BCUT2D eigenvalue weighted by Gasteiger charge is 2.53. The van der Waals surface area contributed by atoms with Crippen molar-refractivity contribution in [3.63, 3.8) is 0 Å². The van der Waals surface area contributed by atoms with Crippen molar-refractivity contribution in [3.8, 4) is 22.4 Å². The standard InChI is InChI=1S/C27H31N3O3/c1-25(2,3)33-24(31)30-27(16-26(4,32)17-27)20-12-10-19(11-13-20)23-22(14-21(28)15-29-23)18-8-6-5-7-9-18/h5-15,32H,16-17,28H2,1-4H3,(H,30,31). The number of aromatic nitrogens is 1. The van der Waals surface area contributed by atoms with E-state index in [1.165, 1.54) is 0 Å². The summed E-state index contributed by atoms with van der Waals surface area (Å²) in [5.74, 6) is 0. The molecule has 1 aliphatic rings. The van der Waals surface area contributed by atoms with Gasteiger partial charge in [0.2, 0.25) is 0 Å². The molecule has 1 saturated carbocycles. The predicted octanol–water partition coefficient (Wildman–Crippen LogP) is 5.26. The number of nitrogens with zero attached hydrogens (tertiary/aromatic N) is 1. The molecule has 0 atom stereocenters. The molecule has 6 heteroatoms. The van der Waals surface area contributed by atoms with Gasteiger partial charge in [0, 0.05) is 24.0 Å².